The smallest absolute Gasteiger partial charge is 0.217 e. The highest BCUT2D eigenvalue weighted by atomic mass is 32.3. The first kappa shape index (κ1) is 17.9. The third-order valence-electron chi connectivity index (χ3n) is 2.18. The van der Waals surface area contributed by atoms with Gasteiger partial charge in [0, 0.05) is 0 Å². The SMILES string of the molecule is C=CC[N+](C)(CC)CCO.COS(=O)(=O)[O-]. The first-order valence-electron chi connectivity index (χ1n) is 4.81. The highest BCUT2D eigenvalue weighted by Gasteiger charge is 2.14. The molecule has 98 valence electrons. The van der Waals surface area contributed by atoms with Gasteiger partial charge in [0.25, 0.3) is 0 Å². The summed E-state index contributed by atoms with van der Waals surface area (Å²) >= 11 is 0. The van der Waals surface area contributed by atoms with Crippen LogP contribution in [-0.4, -0.2) is 63.0 Å². The van der Waals surface area contributed by atoms with E-state index in [0.717, 1.165) is 31.2 Å². The van der Waals surface area contributed by atoms with Crippen LogP contribution in [0.3, 0.4) is 0 Å². The van der Waals surface area contributed by atoms with Crippen LogP contribution in [0, 0.1) is 0 Å². The first-order chi connectivity index (χ1) is 7.24. The largest absolute Gasteiger partial charge is 0.726 e. The summed E-state index contributed by atoms with van der Waals surface area (Å²) in [6.45, 7) is 8.88. The van der Waals surface area contributed by atoms with Crippen LogP contribution in [-0.2, 0) is 14.6 Å². The molecule has 0 spiro atoms. The molecule has 0 bridgehead atoms. The van der Waals surface area contributed by atoms with Gasteiger partial charge in [0.15, 0.2) is 0 Å². The Morgan fingerprint density at radius 3 is 2.19 bits per heavy atom. The van der Waals surface area contributed by atoms with Gasteiger partial charge in [-0.15, -0.1) is 0 Å². The maximum absolute atomic E-state index is 9.22. The van der Waals surface area contributed by atoms with E-state index < -0.39 is 10.4 Å². The Bertz CT molecular complexity index is 278. The fraction of sp³-hybridized carbons (Fsp3) is 0.778. The minimum Gasteiger partial charge on any atom is -0.726 e. The van der Waals surface area contributed by atoms with Crippen molar-refractivity contribution in [2.45, 2.75) is 6.92 Å². The summed E-state index contributed by atoms with van der Waals surface area (Å²) in [6.07, 6.45) is 1.90. The molecule has 1 atom stereocenters. The van der Waals surface area contributed by atoms with E-state index in [-0.39, 0.29) is 6.61 Å². The van der Waals surface area contributed by atoms with Gasteiger partial charge in [0.2, 0.25) is 10.4 Å². The zero-order valence-electron chi connectivity index (χ0n) is 10.0. The standard InChI is InChI=1S/C8H18NO.CH4O4S/c1-4-6-9(3,5-2)7-8-10;1-5-6(2,3)4/h4,10H,1,5-8H2,2-3H3;1H3,(H,2,3,4)/q+1;/p-1. The highest BCUT2D eigenvalue weighted by Crippen LogP contribution is 1.99. The van der Waals surface area contributed by atoms with Crippen molar-refractivity contribution in [3.05, 3.63) is 12.7 Å². The van der Waals surface area contributed by atoms with Crippen molar-refractivity contribution in [1.82, 2.24) is 0 Å². The van der Waals surface area contributed by atoms with Crippen LogP contribution in [0.1, 0.15) is 6.92 Å². The molecule has 0 aromatic heterocycles. The molecular weight excluding hydrogens is 234 g/mol. The van der Waals surface area contributed by atoms with E-state index in [9.17, 15) is 13.0 Å². The number of likely N-dealkylation sites (N-methyl/N-ethyl adjacent to an activating group) is 1. The lowest BCUT2D eigenvalue weighted by molar-refractivity contribution is -0.902. The number of rotatable bonds is 6. The molecule has 0 aromatic carbocycles. The van der Waals surface area contributed by atoms with Gasteiger partial charge in [-0.25, -0.2) is 8.42 Å². The summed E-state index contributed by atoms with van der Waals surface area (Å²) in [5.74, 6) is 0. The van der Waals surface area contributed by atoms with E-state index in [0.29, 0.717) is 0 Å². The van der Waals surface area contributed by atoms with Gasteiger partial charge in [-0.2, -0.15) is 0 Å². The van der Waals surface area contributed by atoms with Crippen molar-refractivity contribution in [3.63, 3.8) is 0 Å². The van der Waals surface area contributed by atoms with Crippen LogP contribution in [0.2, 0.25) is 0 Å². The molecule has 6 nitrogen and oxygen atoms in total. The minimum absolute atomic E-state index is 0.262. The lowest BCUT2D eigenvalue weighted by Crippen LogP contribution is -2.45. The quantitative estimate of drug-likeness (QED) is 0.305. The molecule has 7 heteroatoms. The van der Waals surface area contributed by atoms with Crippen molar-refractivity contribution in [3.8, 4) is 0 Å². The van der Waals surface area contributed by atoms with Crippen molar-refractivity contribution < 1.29 is 26.7 Å². The Hall–Kier alpha value is -0.470. The van der Waals surface area contributed by atoms with E-state index in [1.165, 1.54) is 0 Å². The molecule has 0 saturated heterocycles. The monoisotopic (exact) mass is 255 g/mol. The molecule has 1 unspecified atom stereocenters. The average Bonchev–Trinajstić information content (AvgIpc) is 2.18. The van der Waals surface area contributed by atoms with Crippen LogP contribution in [0.4, 0.5) is 0 Å². The third kappa shape index (κ3) is 11.6. The minimum atomic E-state index is -4.41. The Morgan fingerprint density at radius 2 is 2.00 bits per heavy atom. The zero-order chi connectivity index (χ0) is 13.2. The van der Waals surface area contributed by atoms with Crippen LogP contribution in [0.25, 0.3) is 0 Å². The lowest BCUT2D eigenvalue weighted by Gasteiger charge is -2.31. The fourth-order valence-electron chi connectivity index (χ4n) is 0.932. The number of hydrogen-bond acceptors (Lipinski definition) is 5. The lowest BCUT2D eigenvalue weighted by atomic mass is 10.4. The van der Waals surface area contributed by atoms with E-state index in [1.54, 1.807) is 0 Å². The number of aliphatic hydroxyl groups is 1. The number of aliphatic hydroxyl groups excluding tert-OH is 1. The Kier molecular flexibility index (Phi) is 9.69. The average molecular weight is 255 g/mol. The van der Waals surface area contributed by atoms with E-state index >= 15 is 0 Å². The molecule has 0 aliphatic heterocycles. The Morgan fingerprint density at radius 1 is 1.56 bits per heavy atom. The number of hydrogen-bond donors (Lipinski definition) is 1. The summed E-state index contributed by atoms with van der Waals surface area (Å²) in [5, 5.41) is 8.71. The van der Waals surface area contributed by atoms with Gasteiger partial charge in [-0.3, -0.25) is 4.18 Å². The van der Waals surface area contributed by atoms with Crippen molar-refractivity contribution in [2.24, 2.45) is 0 Å². The molecule has 0 saturated carbocycles. The van der Waals surface area contributed by atoms with Gasteiger partial charge in [0.05, 0.1) is 33.9 Å². The molecule has 0 heterocycles. The summed E-state index contributed by atoms with van der Waals surface area (Å²) in [6, 6.07) is 0. The molecule has 0 aliphatic carbocycles. The molecule has 0 aliphatic rings. The first-order valence-corrected chi connectivity index (χ1v) is 6.14. The maximum Gasteiger partial charge on any atom is 0.217 e. The van der Waals surface area contributed by atoms with Gasteiger partial charge in [-0.1, -0.05) is 6.58 Å². The molecule has 0 radical (unpaired) electrons. The third-order valence-corrected chi connectivity index (χ3v) is 2.59. The van der Waals surface area contributed by atoms with Crippen molar-refractivity contribution >= 4 is 10.4 Å². The second kappa shape index (κ2) is 8.66. The second-order valence-electron chi connectivity index (χ2n) is 3.43. The van der Waals surface area contributed by atoms with Gasteiger partial charge in [-0.05, 0) is 13.0 Å². The van der Waals surface area contributed by atoms with Crippen LogP contribution in [0.15, 0.2) is 12.7 Å². The van der Waals surface area contributed by atoms with Crippen LogP contribution >= 0.6 is 0 Å². The Balaban J connectivity index is 0. The van der Waals surface area contributed by atoms with Crippen LogP contribution in [0.5, 0.6) is 0 Å². The van der Waals surface area contributed by atoms with Crippen molar-refractivity contribution in [2.75, 3.05) is 40.4 Å². The van der Waals surface area contributed by atoms with Gasteiger partial charge in [0.1, 0.15) is 6.54 Å². The molecule has 0 aromatic rings. The predicted octanol–water partition coefficient (Wildman–Crippen LogP) is -0.276. The van der Waals surface area contributed by atoms with E-state index in [4.69, 9.17) is 5.11 Å². The topological polar surface area (TPSA) is 86.7 Å². The highest BCUT2D eigenvalue weighted by molar-refractivity contribution is 7.80. The summed E-state index contributed by atoms with van der Waals surface area (Å²) in [4.78, 5) is 0. The summed E-state index contributed by atoms with van der Waals surface area (Å²) in [5.41, 5.74) is 0. The van der Waals surface area contributed by atoms with Crippen molar-refractivity contribution in [1.29, 1.82) is 0 Å². The normalized spacial score (nSPS) is 14.6. The molecule has 0 fully saturated rings. The number of quaternary nitrogens is 1. The van der Waals surface area contributed by atoms with E-state index in [2.05, 4.69) is 24.7 Å². The molecule has 1 N–H and O–H groups in total. The summed E-state index contributed by atoms with van der Waals surface area (Å²) in [7, 11) is -1.48. The van der Waals surface area contributed by atoms with Crippen LogP contribution < -0.4 is 0 Å². The van der Waals surface area contributed by atoms with Gasteiger partial charge >= 0.3 is 0 Å². The fourth-order valence-corrected chi connectivity index (χ4v) is 0.932. The number of nitrogens with zero attached hydrogens (tertiary/aromatic N) is 1. The molecule has 0 rings (SSSR count). The molecular formula is C9H21NO5S. The molecule has 0 amide bonds. The van der Waals surface area contributed by atoms with Gasteiger partial charge < -0.3 is 14.1 Å². The molecule has 16 heavy (non-hydrogen) atoms. The zero-order valence-corrected chi connectivity index (χ0v) is 10.9. The second-order valence-corrected chi connectivity index (χ2v) is 4.58. The Labute approximate surface area is 97.7 Å². The predicted molar refractivity (Wildman–Crippen MR) is 60.4 cm³/mol. The maximum atomic E-state index is 9.22. The van der Waals surface area contributed by atoms with E-state index in [1.807, 2.05) is 6.08 Å². The summed E-state index contributed by atoms with van der Waals surface area (Å²) < 4.78 is 31.9.